The Morgan fingerprint density at radius 2 is 1.09 bits per heavy atom. The van der Waals surface area contributed by atoms with Crippen molar-refractivity contribution in [1.29, 1.82) is 0 Å². The second kappa shape index (κ2) is 20.1. The molecule has 4 nitrogen and oxygen atoms in total. The Balaban J connectivity index is 0. The van der Waals surface area contributed by atoms with Crippen molar-refractivity contribution in [2.75, 3.05) is 14.2 Å². The monoisotopic (exact) mass is 322 g/mol. The number of unbranched alkanes of at least 4 members (excludes halogenated alkanes) is 7. The molecular formula is C19H30O4. The first kappa shape index (κ1) is 23.3. The first-order valence-electron chi connectivity index (χ1n) is 8.25. The maximum Gasteiger partial charge on any atom is 0.384 e. The van der Waals surface area contributed by atoms with Crippen LogP contribution in [0.25, 0.3) is 0 Å². The molecule has 0 aliphatic carbocycles. The van der Waals surface area contributed by atoms with Crippen LogP contribution in [0.5, 0.6) is 0 Å². The van der Waals surface area contributed by atoms with Crippen LogP contribution in [-0.2, 0) is 19.1 Å². The molecule has 0 radical (unpaired) electrons. The van der Waals surface area contributed by atoms with Gasteiger partial charge in [-0.2, -0.15) is 0 Å². The number of carbonyl (C=O) groups excluding carboxylic acids is 2. The summed E-state index contributed by atoms with van der Waals surface area (Å²) < 4.78 is 8.71. The maximum atomic E-state index is 10.5. The third kappa shape index (κ3) is 22.5. The molecule has 0 amide bonds. The SMILES string of the molecule is CCCCCC#CC(=O)OC.CCCCCCC#CC(=O)OC. The molecule has 0 spiro atoms. The normalized spacial score (nSPS) is 8.35. The second-order valence-corrected chi connectivity index (χ2v) is 4.85. The summed E-state index contributed by atoms with van der Waals surface area (Å²) in [5.74, 6) is 9.41. The van der Waals surface area contributed by atoms with Gasteiger partial charge in [0.25, 0.3) is 0 Å². The zero-order valence-electron chi connectivity index (χ0n) is 15.0. The molecule has 0 atom stereocenters. The van der Waals surface area contributed by atoms with Gasteiger partial charge in [-0.15, -0.1) is 0 Å². The Morgan fingerprint density at radius 3 is 1.48 bits per heavy atom. The summed E-state index contributed by atoms with van der Waals surface area (Å²) in [5.41, 5.74) is 0. The molecule has 0 saturated carbocycles. The maximum absolute atomic E-state index is 10.5. The van der Waals surface area contributed by atoms with Gasteiger partial charge in [0.2, 0.25) is 0 Å². The number of hydrogen-bond donors (Lipinski definition) is 0. The third-order valence-electron chi connectivity index (χ3n) is 2.81. The van der Waals surface area contributed by atoms with Crippen molar-refractivity contribution in [2.24, 2.45) is 0 Å². The van der Waals surface area contributed by atoms with Crippen LogP contribution in [0, 0.1) is 23.7 Å². The topological polar surface area (TPSA) is 52.6 Å². The smallest absolute Gasteiger partial charge is 0.384 e. The van der Waals surface area contributed by atoms with Gasteiger partial charge in [0, 0.05) is 24.7 Å². The van der Waals surface area contributed by atoms with Gasteiger partial charge in [0.15, 0.2) is 0 Å². The standard InChI is InChI=1S/C10H16O2.C9H14O2/c1-3-4-5-6-7-8-9-10(11)12-2;1-3-4-5-6-7-8-9(10)11-2/h3-7H2,1-2H3;3-6H2,1-2H3. The Kier molecular flexibility index (Phi) is 20.3. The number of rotatable bonds is 7. The fourth-order valence-corrected chi connectivity index (χ4v) is 1.47. The summed E-state index contributed by atoms with van der Waals surface area (Å²) in [6.07, 6.45) is 9.78. The Hall–Kier alpha value is -1.94. The van der Waals surface area contributed by atoms with Gasteiger partial charge in [0.05, 0.1) is 14.2 Å². The van der Waals surface area contributed by atoms with E-state index in [1.165, 1.54) is 46.3 Å². The van der Waals surface area contributed by atoms with E-state index in [1.54, 1.807) is 0 Å². The summed E-state index contributed by atoms with van der Waals surface area (Å²) in [6.45, 7) is 4.30. The summed E-state index contributed by atoms with van der Waals surface area (Å²) in [5, 5.41) is 0. The number of ether oxygens (including phenoxy) is 2. The van der Waals surface area contributed by atoms with Gasteiger partial charge >= 0.3 is 11.9 Å². The van der Waals surface area contributed by atoms with Gasteiger partial charge in [-0.25, -0.2) is 9.59 Å². The molecular weight excluding hydrogens is 292 g/mol. The molecule has 0 unspecified atom stereocenters. The molecule has 0 aromatic carbocycles. The van der Waals surface area contributed by atoms with E-state index in [9.17, 15) is 9.59 Å². The van der Waals surface area contributed by atoms with Crippen molar-refractivity contribution in [1.82, 2.24) is 0 Å². The van der Waals surface area contributed by atoms with Crippen molar-refractivity contribution in [3.8, 4) is 23.7 Å². The molecule has 0 fully saturated rings. The van der Waals surface area contributed by atoms with Crippen molar-refractivity contribution >= 4 is 11.9 Å². The van der Waals surface area contributed by atoms with E-state index < -0.39 is 11.9 Å². The highest BCUT2D eigenvalue weighted by molar-refractivity contribution is 5.88. The summed E-state index contributed by atoms with van der Waals surface area (Å²) >= 11 is 0. The van der Waals surface area contributed by atoms with Crippen LogP contribution < -0.4 is 0 Å². The van der Waals surface area contributed by atoms with Gasteiger partial charge in [-0.1, -0.05) is 57.8 Å². The lowest BCUT2D eigenvalue weighted by Gasteiger charge is -1.91. The summed E-state index contributed by atoms with van der Waals surface area (Å²) in [6, 6.07) is 0. The molecule has 0 rings (SSSR count). The molecule has 0 saturated heterocycles. The molecule has 0 bridgehead atoms. The van der Waals surface area contributed by atoms with Crippen LogP contribution in [0.15, 0.2) is 0 Å². The molecule has 23 heavy (non-hydrogen) atoms. The van der Waals surface area contributed by atoms with Crippen molar-refractivity contribution < 1.29 is 19.1 Å². The minimum absolute atomic E-state index is 0.439. The first-order valence-corrected chi connectivity index (χ1v) is 8.25. The minimum Gasteiger partial charge on any atom is -0.459 e. The van der Waals surface area contributed by atoms with E-state index in [2.05, 4.69) is 47.0 Å². The van der Waals surface area contributed by atoms with Crippen molar-refractivity contribution in [2.45, 2.75) is 71.6 Å². The molecule has 0 heterocycles. The highest BCUT2D eigenvalue weighted by Gasteiger charge is 1.89. The number of carbonyl (C=O) groups is 2. The van der Waals surface area contributed by atoms with Crippen LogP contribution in [0.1, 0.15) is 71.6 Å². The van der Waals surface area contributed by atoms with Gasteiger partial charge < -0.3 is 9.47 Å². The molecule has 0 aliphatic rings. The van der Waals surface area contributed by atoms with Crippen LogP contribution in [-0.4, -0.2) is 26.2 Å². The van der Waals surface area contributed by atoms with Crippen molar-refractivity contribution in [3.63, 3.8) is 0 Å². The first-order chi connectivity index (χ1) is 11.1. The van der Waals surface area contributed by atoms with Crippen LogP contribution in [0.2, 0.25) is 0 Å². The number of hydrogen-bond acceptors (Lipinski definition) is 4. The lowest BCUT2D eigenvalue weighted by molar-refractivity contribution is -0.134. The minimum atomic E-state index is -0.443. The predicted octanol–water partition coefficient (Wildman–Crippen LogP) is 3.88. The second-order valence-electron chi connectivity index (χ2n) is 4.85. The predicted molar refractivity (Wildman–Crippen MR) is 92.5 cm³/mol. The zero-order chi connectivity index (χ0) is 17.8. The summed E-state index contributed by atoms with van der Waals surface area (Å²) in [4.78, 5) is 21.0. The van der Waals surface area contributed by atoms with E-state index >= 15 is 0 Å². The van der Waals surface area contributed by atoms with E-state index in [4.69, 9.17) is 0 Å². The van der Waals surface area contributed by atoms with Gasteiger partial charge in [-0.3, -0.25) is 0 Å². The van der Waals surface area contributed by atoms with E-state index in [1.807, 2.05) is 0 Å². The Labute approximate surface area is 141 Å². The fourth-order valence-electron chi connectivity index (χ4n) is 1.47. The lowest BCUT2D eigenvalue weighted by atomic mass is 10.2. The average Bonchev–Trinajstić information content (AvgIpc) is 2.57. The average molecular weight is 322 g/mol. The van der Waals surface area contributed by atoms with Crippen LogP contribution in [0.3, 0.4) is 0 Å². The van der Waals surface area contributed by atoms with Crippen molar-refractivity contribution in [3.05, 3.63) is 0 Å². The highest BCUT2D eigenvalue weighted by Crippen LogP contribution is 2.00. The molecule has 4 heteroatoms. The van der Waals surface area contributed by atoms with E-state index in [0.717, 1.165) is 25.7 Å². The molecule has 130 valence electrons. The Morgan fingerprint density at radius 1 is 0.696 bits per heavy atom. The quantitative estimate of drug-likeness (QED) is 0.309. The zero-order valence-corrected chi connectivity index (χ0v) is 15.0. The third-order valence-corrected chi connectivity index (χ3v) is 2.81. The number of esters is 2. The lowest BCUT2D eigenvalue weighted by Crippen LogP contribution is -1.94. The number of methoxy groups -OCH3 is 2. The Bertz CT molecular complexity index is 418. The van der Waals surface area contributed by atoms with Crippen LogP contribution in [0.4, 0.5) is 0 Å². The van der Waals surface area contributed by atoms with Gasteiger partial charge in [-0.05, 0) is 12.8 Å². The van der Waals surface area contributed by atoms with Crippen LogP contribution >= 0.6 is 0 Å². The summed E-state index contributed by atoms with van der Waals surface area (Å²) in [7, 11) is 2.68. The molecule has 0 aromatic heterocycles. The van der Waals surface area contributed by atoms with E-state index in [0.29, 0.717) is 0 Å². The molecule has 0 N–H and O–H groups in total. The largest absolute Gasteiger partial charge is 0.459 e. The fraction of sp³-hybridized carbons (Fsp3) is 0.684. The van der Waals surface area contributed by atoms with Gasteiger partial charge in [0.1, 0.15) is 0 Å². The molecule has 0 aliphatic heterocycles. The highest BCUT2D eigenvalue weighted by atomic mass is 16.5. The molecule has 0 aromatic rings. The van der Waals surface area contributed by atoms with E-state index in [-0.39, 0.29) is 0 Å².